The Kier molecular flexibility index (Phi) is 4.77. The van der Waals surface area contributed by atoms with Gasteiger partial charge in [-0.15, -0.1) is 0 Å². The summed E-state index contributed by atoms with van der Waals surface area (Å²) in [4.78, 5) is 6.49. The lowest BCUT2D eigenvalue weighted by Gasteiger charge is -2.27. The smallest absolute Gasteiger partial charge is 0.235 e. The summed E-state index contributed by atoms with van der Waals surface area (Å²) in [7, 11) is 0. The minimum absolute atomic E-state index is 0.109. The highest BCUT2D eigenvalue weighted by Crippen LogP contribution is 2.44. The first kappa shape index (κ1) is 17.1. The van der Waals surface area contributed by atoms with Gasteiger partial charge in [0.1, 0.15) is 23.1 Å². The number of rotatable bonds is 3. The average Bonchev–Trinajstić information content (AvgIpc) is 2.72. The number of morpholine rings is 1. The topological polar surface area (TPSA) is 78.1 Å². The van der Waals surface area contributed by atoms with Gasteiger partial charge >= 0.3 is 0 Å². The third-order valence-corrected chi connectivity index (χ3v) is 4.67. The van der Waals surface area contributed by atoms with Crippen LogP contribution in [0.4, 0.5) is 0 Å². The molecule has 2 heterocycles. The van der Waals surface area contributed by atoms with Crippen LogP contribution in [-0.4, -0.2) is 42.6 Å². The summed E-state index contributed by atoms with van der Waals surface area (Å²) >= 11 is 0. The number of aliphatic imine (C=N–C) groups is 1. The Hall–Kier alpha value is -3.30. The maximum atomic E-state index is 9.87. The first-order valence-electron chi connectivity index (χ1n) is 8.82. The molecule has 0 saturated carbocycles. The maximum absolute atomic E-state index is 9.87. The van der Waals surface area contributed by atoms with Crippen molar-refractivity contribution in [1.29, 1.82) is 5.26 Å². The number of allylic oxidation sites excluding steroid dienone is 1. The minimum Gasteiger partial charge on any atom is -0.508 e. The molecule has 1 N–H and O–H groups in total. The lowest BCUT2D eigenvalue weighted by atomic mass is 9.83. The number of fused-ring (bicyclic) bond motifs is 1. The predicted octanol–water partition coefficient (Wildman–Crippen LogP) is 3.01. The molecular weight excluding hydrogens is 342 g/mol. The van der Waals surface area contributed by atoms with Crippen LogP contribution in [0.25, 0.3) is 0 Å². The van der Waals surface area contributed by atoms with E-state index in [1.165, 1.54) is 0 Å². The zero-order chi connectivity index (χ0) is 18.6. The summed E-state index contributed by atoms with van der Waals surface area (Å²) in [5, 5.41) is 19.7. The molecule has 0 aromatic heterocycles. The number of hydrogen-bond donors (Lipinski definition) is 1. The van der Waals surface area contributed by atoms with Crippen molar-refractivity contribution < 1.29 is 14.6 Å². The fourth-order valence-corrected chi connectivity index (χ4v) is 3.32. The standard InChI is InChI=1S/C21H19N3O3/c22-13-18-20(15-4-2-1-3-5-15)17-7-6-16(25)12-19(17)27-21(18)23-14-24-8-10-26-11-9-24/h1-7,12,14,20,25H,8-11H2/t20-/m0/s1. The molecule has 6 nitrogen and oxygen atoms in total. The zero-order valence-electron chi connectivity index (χ0n) is 14.7. The quantitative estimate of drug-likeness (QED) is 0.672. The fourth-order valence-electron chi connectivity index (χ4n) is 3.32. The van der Waals surface area contributed by atoms with Crippen molar-refractivity contribution in [2.24, 2.45) is 4.99 Å². The molecule has 0 amide bonds. The number of hydrogen-bond acceptors (Lipinski definition) is 5. The van der Waals surface area contributed by atoms with Crippen LogP contribution in [0.3, 0.4) is 0 Å². The van der Waals surface area contributed by atoms with Gasteiger partial charge in [-0.25, -0.2) is 4.99 Å². The highest BCUT2D eigenvalue weighted by Gasteiger charge is 2.31. The van der Waals surface area contributed by atoms with E-state index in [4.69, 9.17) is 9.47 Å². The van der Waals surface area contributed by atoms with Crippen molar-refractivity contribution in [3.8, 4) is 17.6 Å². The Morgan fingerprint density at radius 1 is 1.15 bits per heavy atom. The number of phenols is 1. The van der Waals surface area contributed by atoms with E-state index in [2.05, 4.69) is 11.1 Å². The summed E-state index contributed by atoms with van der Waals surface area (Å²) < 4.78 is 11.2. The second-order valence-electron chi connectivity index (χ2n) is 6.39. The van der Waals surface area contributed by atoms with Crippen LogP contribution in [0.2, 0.25) is 0 Å². The summed E-state index contributed by atoms with van der Waals surface area (Å²) in [5.74, 6) is 0.586. The number of phenolic OH excluding ortho intramolecular Hbond substituents is 1. The largest absolute Gasteiger partial charge is 0.508 e. The second-order valence-corrected chi connectivity index (χ2v) is 6.39. The molecule has 4 rings (SSSR count). The van der Waals surface area contributed by atoms with Gasteiger partial charge in [0, 0.05) is 24.7 Å². The minimum atomic E-state index is -0.294. The molecule has 2 aliphatic heterocycles. The molecule has 0 spiro atoms. The molecule has 0 aliphatic carbocycles. The number of aromatic hydroxyl groups is 1. The van der Waals surface area contributed by atoms with Crippen molar-refractivity contribution in [3.63, 3.8) is 0 Å². The van der Waals surface area contributed by atoms with E-state index in [1.54, 1.807) is 24.5 Å². The summed E-state index contributed by atoms with van der Waals surface area (Å²) in [6.07, 6.45) is 1.70. The van der Waals surface area contributed by atoms with Crippen LogP contribution in [0.1, 0.15) is 17.0 Å². The van der Waals surface area contributed by atoms with Gasteiger partial charge in [0.15, 0.2) is 0 Å². The molecule has 136 valence electrons. The lowest BCUT2D eigenvalue weighted by Crippen LogP contribution is -2.35. The van der Waals surface area contributed by atoms with Crippen molar-refractivity contribution in [2.45, 2.75) is 5.92 Å². The lowest BCUT2D eigenvalue weighted by molar-refractivity contribution is 0.0699. The fraction of sp³-hybridized carbons (Fsp3) is 0.238. The summed E-state index contributed by atoms with van der Waals surface area (Å²) in [6.45, 7) is 2.80. The Balaban J connectivity index is 1.78. The van der Waals surface area contributed by atoms with Crippen LogP contribution in [0.5, 0.6) is 11.5 Å². The molecule has 2 aliphatic rings. The molecule has 2 aromatic carbocycles. The molecule has 0 radical (unpaired) electrons. The van der Waals surface area contributed by atoms with E-state index in [9.17, 15) is 10.4 Å². The molecule has 0 unspecified atom stereocenters. The van der Waals surface area contributed by atoms with Crippen LogP contribution in [-0.2, 0) is 4.74 Å². The summed E-state index contributed by atoms with van der Waals surface area (Å²) in [6, 6.07) is 17.0. The number of nitrogens with zero attached hydrogens (tertiary/aromatic N) is 3. The van der Waals surface area contributed by atoms with Gasteiger partial charge < -0.3 is 19.5 Å². The van der Waals surface area contributed by atoms with Crippen molar-refractivity contribution >= 4 is 6.34 Å². The third-order valence-electron chi connectivity index (χ3n) is 4.67. The molecule has 1 saturated heterocycles. The summed E-state index contributed by atoms with van der Waals surface area (Å²) in [5.41, 5.74) is 2.26. The van der Waals surface area contributed by atoms with Crippen LogP contribution in [0, 0.1) is 11.3 Å². The Labute approximate surface area is 157 Å². The first-order chi connectivity index (χ1) is 13.3. The van der Waals surface area contributed by atoms with Crippen LogP contribution in [0.15, 0.2) is 65.0 Å². The van der Waals surface area contributed by atoms with Gasteiger partial charge in [0.05, 0.1) is 25.5 Å². The molecular formula is C21H19N3O3. The predicted molar refractivity (Wildman–Crippen MR) is 101 cm³/mol. The zero-order valence-corrected chi connectivity index (χ0v) is 14.7. The third kappa shape index (κ3) is 3.50. The normalized spacial score (nSPS) is 19.5. The van der Waals surface area contributed by atoms with E-state index < -0.39 is 0 Å². The van der Waals surface area contributed by atoms with Gasteiger partial charge in [-0.1, -0.05) is 36.4 Å². The van der Waals surface area contributed by atoms with E-state index in [1.807, 2.05) is 35.2 Å². The Morgan fingerprint density at radius 3 is 2.67 bits per heavy atom. The second kappa shape index (κ2) is 7.52. The van der Waals surface area contributed by atoms with Gasteiger partial charge in [-0.2, -0.15) is 5.26 Å². The van der Waals surface area contributed by atoms with Crippen molar-refractivity contribution in [2.75, 3.05) is 26.3 Å². The molecule has 1 fully saturated rings. The van der Waals surface area contributed by atoms with E-state index in [0.29, 0.717) is 24.5 Å². The molecule has 1 atom stereocenters. The van der Waals surface area contributed by atoms with Gasteiger partial charge in [-0.3, -0.25) is 0 Å². The highest BCUT2D eigenvalue weighted by molar-refractivity contribution is 5.61. The molecule has 27 heavy (non-hydrogen) atoms. The number of benzene rings is 2. The van der Waals surface area contributed by atoms with E-state index in [-0.39, 0.29) is 17.6 Å². The van der Waals surface area contributed by atoms with Crippen LogP contribution < -0.4 is 4.74 Å². The first-order valence-corrected chi connectivity index (χ1v) is 8.82. The highest BCUT2D eigenvalue weighted by atomic mass is 16.5. The molecule has 6 heteroatoms. The van der Waals surface area contributed by atoms with Crippen molar-refractivity contribution in [3.05, 3.63) is 71.1 Å². The monoisotopic (exact) mass is 361 g/mol. The van der Waals surface area contributed by atoms with Crippen molar-refractivity contribution in [1.82, 2.24) is 4.90 Å². The van der Waals surface area contributed by atoms with Gasteiger partial charge in [-0.05, 0) is 11.6 Å². The van der Waals surface area contributed by atoms with Gasteiger partial charge in [0.25, 0.3) is 0 Å². The van der Waals surface area contributed by atoms with E-state index >= 15 is 0 Å². The Morgan fingerprint density at radius 2 is 1.93 bits per heavy atom. The van der Waals surface area contributed by atoms with Gasteiger partial charge in [0.2, 0.25) is 5.88 Å². The molecule has 2 aromatic rings. The maximum Gasteiger partial charge on any atom is 0.235 e. The number of nitriles is 1. The number of ether oxygens (including phenoxy) is 2. The van der Waals surface area contributed by atoms with E-state index in [0.717, 1.165) is 24.2 Å². The van der Waals surface area contributed by atoms with Crippen LogP contribution >= 0.6 is 0 Å². The average molecular weight is 361 g/mol. The SMILES string of the molecule is N#CC1=C(N=CN2CCOCC2)Oc2cc(O)ccc2[C@@H]1c1ccccc1. The molecule has 0 bridgehead atoms. The Bertz CT molecular complexity index is 925.